The Morgan fingerprint density at radius 1 is 1.50 bits per heavy atom. The van der Waals surface area contributed by atoms with Crippen molar-refractivity contribution in [1.82, 2.24) is 0 Å². The number of rotatable bonds is 1. The van der Waals surface area contributed by atoms with Gasteiger partial charge in [-0.25, -0.2) is 0 Å². The lowest BCUT2D eigenvalue weighted by atomic mass is 15.6. The minimum Gasteiger partial charge on any atom is -0.162 e. The SMILES string of the molecule is O=S(=O)(F)OF. The molecule has 0 amide bonds. The predicted octanol–water partition coefficient (Wildman–Crippen LogP) is 0.102. The zero-order chi connectivity index (χ0) is 5.21. The van der Waals surface area contributed by atoms with Gasteiger partial charge in [0.25, 0.3) is 0 Å². The lowest BCUT2D eigenvalue weighted by Crippen LogP contribution is -1.85. The van der Waals surface area contributed by atoms with Crippen molar-refractivity contribution >= 4 is 10.5 Å². The zero-order valence-corrected chi connectivity index (χ0v) is 3.21. The lowest BCUT2D eigenvalue weighted by molar-refractivity contribution is -0.00520. The Bertz CT molecular complexity index is 111. The van der Waals surface area contributed by atoms with E-state index in [0.29, 0.717) is 0 Å². The second-order valence-corrected chi connectivity index (χ2v) is 1.37. The summed E-state index contributed by atoms with van der Waals surface area (Å²) in [5, 5.41) is 0. The second-order valence-electron chi connectivity index (χ2n) is 0.456. The Hall–Kier alpha value is -0.230. The fourth-order valence-electron chi connectivity index (χ4n) is 0. The van der Waals surface area contributed by atoms with Gasteiger partial charge in [0.1, 0.15) is 0 Å². The van der Waals surface area contributed by atoms with Crippen LogP contribution in [-0.2, 0) is 14.9 Å². The molecule has 0 aromatic carbocycles. The maximum Gasteiger partial charge on any atom is 0.468 e. The molecule has 0 radical (unpaired) electrons. The predicted molar refractivity (Wildman–Crippen MR) is 12.2 cm³/mol. The second kappa shape index (κ2) is 1.48. The number of hydrogen-bond donors (Lipinski definition) is 0. The van der Waals surface area contributed by atoms with Crippen LogP contribution in [0, 0.1) is 0 Å². The third-order valence-corrected chi connectivity index (χ3v) is 0.226. The number of hydrogen-bond acceptors (Lipinski definition) is 3. The molecule has 6 heteroatoms. The Morgan fingerprint density at radius 3 is 1.67 bits per heavy atom. The van der Waals surface area contributed by atoms with Crippen LogP contribution in [0.3, 0.4) is 0 Å². The highest BCUT2D eigenvalue weighted by Crippen LogP contribution is 1.90. The molecule has 0 bridgehead atoms. The number of halogens is 2. The fourth-order valence-corrected chi connectivity index (χ4v) is 0. The normalized spacial score (nSPS) is 11.7. The van der Waals surface area contributed by atoms with Crippen molar-refractivity contribution in [3.8, 4) is 0 Å². The molecule has 0 atom stereocenters. The lowest BCUT2D eigenvalue weighted by Gasteiger charge is -1.71. The maximum absolute atomic E-state index is 10.5. The van der Waals surface area contributed by atoms with Crippen LogP contribution < -0.4 is 0 Å². The van der Waals surface area contributed by atoms with E-state index >= 15 is 0 Å². The summed E-state index contributed by atoms with van der Waals surface area (Å²) < 4.78 is 39.7. The molecule has 0 rings (SSSR count). The molecule has 0 aliphatic rings. The van der Waals surface area contributed by atoms with Crippen LogP contribution >= 0.6 is 0 Å². The minimum atomic E-state index is -5.33. The molecule has 38 valence electrons. The van der Waals surface area contributed by atoms with E-state index in [2.05, 4.69) is 0 Å². The van der Waals surface area contributed by atoms with Gasteiger partial charge in [-0.2, -0.15) is 8.42 Å². The molecule has 0 heterocycles. The van der Waals surface area contributed by atoms with Crippen molar-refractivity contribution in [3.63, 3.8) is 0 Å². The van der Waals surface area contributed by atoms with Gasteiger partial charge >= 0.3 is 10.5 Å². The average molecular weight is 118 g/mol. The fraction of sp³-hybridized carbons (Fsp3) is 0. The summed E-state index contributed by atoms with van der Waals surface area (Å²) in [6.07, 6.45) is 0. The standard InChI is InChI=1S/F2O3S/c1-5-6(2,3)4. The molecule has 0 aliphatic heterocycles. The molecule has 0 spiro atoms. The molecule has 0 saturated carbocycles. The highest BCUT2D eigenvalue weighted by molar-refractivity contribution is 7.81. The van der Waals surface area contributed by atoms with Crippen molar-refractivity contribution < 1.29 is 21.2 Å². The molecule has 0 aromatic rings. The van der Waals surface area contributed by atoms with Crippen LogP contribution in [0.15, 0.2) is 0 Å². The minimum absolute atomic E-state index is 1.74. The van der Waals surface area contributed by atoms with Crippen molar-refractivity contribution in [2.75, 3.05) is 0 Å². The molecular weight excluding hydrogens is 118 g/mol. The molecule has 6 heavy (non-hydrogen) atoms. The summed E-state index contributed by atoms with van der Waals surface area (Å²) in [5.41, 5.74) is 0. The quantitative estimate of drug-likeness (QED) is 0.458. The smallest absolute Gasteiger partial charge is 0.162 e. The van der Waals surface area contributed by atoms with E-state index in [0.717, 1.165) is 0 Å². The molecular formula is F2O3S. The highest BCUT2D eigenvalue weighted by Gasteiger charge is 2.03. The van der Waals surface area contributed by atoms with Gasteiger partial charge in [0.2, 0.25) is 0 Å². The Balaban J connectivity index is 3.85. The van der Waals surface area contributed by atoms with Gasteiger partial charge < -0.3 is 0 Å². The topological polar surface area (TPSA) is 43.4 Å². The van der Waals surface area contributed by atoms with Crippen molar-refractivity contribution in [1.29, 1.82) is 0 Å². The van der Waals surface area contributed by atoms with Crippen molar-refractivity contribution in [2.45, 2.75) is 0 Å². The zero-order valence-electron chi connectivity index (χ0n) is 2.39. The third-order valence-electron chi connectivity index (χ3n) is 0.0752. The van der Waals surface area contributed by atoms with Gasteiger partial charge in [-0.15, -0.1) is 0 Å². The summed E-state index contributed by atoms with van der Waals surface area (Å²) in [5.74, 6) is 0. The van der Waals surface area contributed by atoms with Crippen LogP contribution in [0.4, 0.5) is 8.41 Å². The van der Waals surface area contributed by atoms with Gasteiger partial charge in [0.05, 0.1) is 0 Å². The van der Waals surface area contributed by atoms with E-state index in [1.165, 1.54) is 0 Å². The van der Waals surface area contributed by atoms with Crippen LogP contribution in [0.25, 0.3) is 0 Å². The Morgan fingerprint density at radius 2 is 1.67 bits per heavy atom. The molecule has 0 fully saturated rings. The van der Waals surface area contributed by atoms with Gasteiger partial charge in [0, 0.05) is 0 Å². The van der Waals surface area contributed by atoms with Crippen LogP contribution in [0.2, 0.25) is 0 Å². The van der Waals surface area contributed by atoms with Gasteiger partial charge in [0.15, 0.2) is 0 Å². The summed E-state index contributed by atoms with van der Waals surface area (Å²) >= 11 is 0. The van der Waals surface area contributed by atoms with Crippen molar-refractivity contribution in [3.05, 3.63) is 0 Å². The van der Waals surface area contributed by atoms with Gasteiger partial charge in [-0.3, -0.25) is 0 Å². The van der Waals surface area contributed by atoms with Gasteiger partial charge in [-0.05, 0) is 8.91 Å². The third kappa shape index (κ3) is 3.77. The Labute approximate surface area is 32.8 Å². The molecule has 0 N–H and O–H groups in total. The van der Waals surface area contributed by atoms with Gasteiger partial charge in [-0.1, -0.05) is 3.89 Å². The van der Waals surface area contributed by atoms with E-state index in [9.17, 15) is 8.41 Å². The first-order valence-corrected chi connectivity index (χ1v) is 2.12. The average Bonchev–Trinajstić information content (AvgIpc) is 1.35. The monoisotopic (exact) mass is 118 g/mol. The van der Waals surface area contributed by atoms with Crippen LogP contribution in [0.5, 0.6) is 0 Å². The maximum atomic E-state index is 10.5. The highest BCUT2D eigenvalue weighted by atomic mass is 32.3. The van der Waals surface area contributed by atoms with Crippen LogP contribution in [0.1, 0.15) is 0 Å². The summed E-state index contributed by atoms with van der Waals surface area (Å²) in [6.45, 7) is 0. The molecule has 0 aliphatic carbocycles. The first kappa shape index (κ1) is 5.77. The molecule has 3 nitrogen and oxygen atoms in total. The summed E-state index contributed by atoms with van der Waals surface area (Å²) in [7, 11) is -5.33. The first-order valence-electron chi connectivity index (χ1n) is 0.809. The van der Waals surface area contributed by atoms with Crippen molar-refractivity contribution in [2.24, 2.45) is 0 Å². The van der Waals surface area contributed by atoms with E-state index in [1.807, 2.05) is 0 Å². The molecule has 0 saturated heterocycles. The molecule has 0 aromatic heterocycles. The first-order chi connectivity index (χ1) is 2.56. The molecule has 0 unspecified atom stereocenters. The van der Waals surface area contributed by atoms with E-state index < -0.39 is 10.5 Å². The Kier molecular flexibility index (Phi) is 1.42. The van der Waals surface area contributed by atoms with E-state index in [-0.39, 0.29) is 0 Å². The summed E-state index contributed by atoms with van der Waals surface area (Å²) in [6, 6.07) is 0. The van der Waals surface area contributed by atoms with E-state index in [4.69, 9.17) is 8.42 Å². The summed E-state index contributed by atoms with van der Waals surface area (Å²) in [4.78, 5) is 0. The van der Waals surface area contributed by atoms with Crippen LogP contribution in [-0.4, -0.2) is 8.42 Å². The van der Waals surface area contributed by atoms with E-state index in [1.54, 1.807) is 4.39 Å². The largest absolute Gasteiger partial charge is 0.468 e.